The Balaban J connectivity index is 2.43. The summed E-state index contributed by atoms with van der Waals surface area (Å²) in [6.45, 7) is 4.11. The van der Waals surface area contributed by atoms with Gasteiger partial charge in [-0.3, -0.25) is 5.43 Å². The lowest BCUT2D eigenvalue weighted by Gasteiger charge is -1.99. The number of hydrazone groups is 1. The number of aryl methyl sites for hydroxylation is 1. The Morgan fingerprint density at radius 2 is 2.13 bits per heavy atom. The molecule has 0 fully saturated rings. The third kappa shape index (κ3) is 4.26. The highest BCUT2D eigenvalue weighted by Crippen LogP contribution is 2.07. The minimum Gasteiger partial charge on any atom is -0.462 e. The maximum atomic E-state index is 10.9. The summed E-state index contributed by atoms with van der Waals surface area (Å²) < 4.78 is 4.67. The van der Waals surface area contributed by atoms with Crippen LogP contribution in [0.5, 0.6) is 0 Å². The molecule has 4 heteroatoms. The van der Waals surface area contributed by atoms with Crippen molar-refractivity contribution >= 4 is 17.9 Å². The first-order valence-electron chi connectivity index (χ1n) is 4.75. The number of ether oxygens (including phenoxy) is 1. The van der Waals surface area contributed by atoms with Gasteiger partial charge in [-0.2, -0.15) is 5.10 Å². The fraction of sp³-hybridized carbons (Fsp3) is 0.273. The second-order valence-corrected chi connectivity index (χ2v) is 2.99. The third-order valence-electron chi connectivity index (χ3n) is 1.70. The second-order valence-electron chi connectivity index (χ2n) is 2.99. The van der Waals surface area contributed by atoms with Gasteiger partial charge in [-0.15, -0.1) is 0 Å². The van der Waals surface area contributed by atoms with Gasteiger partial charge in [-0.25, -0.2) is 4.79 Å². The van der Waals surface area contributed by atoms with E-state index >= 15 is 0 Å². The van der Waals surface area contributed by atoms with Gasteiger partial charge in [0.2, 0.25) is 0 Å². The van der Waals surface area contributed by atoms with Crippen molar-refractivity contribution in [2.24, 2.45) is 5.10 Å². The maximum absolute atomic E-state index is 10.9. The van der Waals surface area contributed by atoms with E-state index in [0.29, 0.717) is 6.61 Å². The maximum Gasteiger partial charge on any atom is 0.351 e. The van der Waals surface area contributed by atoms with E-state index in [2.05, 4.69) is 15.3 Å². The number of carbonyl (C=O) groups excluding carboxylic acids is 1. The van der Waals surface area contributed by atoms with Crippen molar-refractivity contribution in [1.29, 1.82) is 0 Å². The molecule has 80 valence electrons. The average Bonchev–Trinajstić information content (AvgIpc) is 2.21. The van der Waals surface area contributed by atoms with E-state index in [0.717, 1.165) is 11.9 Å². The summed E-state index contributed by atoms with van der Waals surface area (Å²) >= 11 is 0. The number of carbonyl (C=O) groups is 1. The Labute approximate surface area is 88.9 Å². The van der Waals surface area contributed by atoms with Crippen molar-refractivity contribution in [3.8, 4) is 0 Å². The fourth-order valence-electron chi connectivity index (χ4n) is 0.967. The van der Waals surface area contributed by atoms with Crippen LogP contribution in [-0.2, 0) is 9.53 Å². The summed E-state index contributed by atoms with van der Waals surface area (Å²) in [5, 5.41) is 3.74. The van der Waals surface area contributed by atoms with Gasteiger partial charge >= 0.3 is 5.97 Å². The van der Waals surface area contributed by atoms with Crippen LogP contribution in [-0.4, -0.2) is 18.8 Å². The van der Waals surface area contributed by atoms with Gasteiger partial charge in [-0.1, -0.05) is 17.7 Å². The number of hydrogen-bond donors (Lipinski definition) is 1. The highest BCUT2D eigenvalue weighted by Gasteiger charge is 1.93. The molecule has 0 unspecified atom stereocenters. The molecule has 4 nitrogen and oxygen atoms in total. The van der Waals surface area contributed by atoms with Gasteiger partial charge in [0.05, 0.1) is 12.3 Å². The van der Waals surface area contributed by atoms with E-state index in [1.54, 1.807) is 6.92 Å². The predicted octanol–water partition coefficient (Wildman–Crippen LogP) is 1.96. The van der Waals surface area contributed by atoms with Gasteiger partial charge in [0.15, 0.2) is 0 Å². The molecule has 0 aliphatic heterocycles. The van der Waals surface area contributed by atoms with Gasteiger partial charge < -0.3 is 4.74 Å². The van der Waals surface area contributed by atoms with Crippen LogP contribution in [0.25, 0.3) is 0 Å². The number of anilines is 1. The molecule has 0 aliphatic rings. The number of esters is 1. The number of hydrogen-bond acceptors (Lipinski definition) is 4. The molecule has 1 N–H and O–H groups in total. The number of nitrogens with zero attached hydrogens (tertiary/aromatic N) is 1. The number of benzene rings is 1. The number of nitrogens with one attached hydrogen (secondary N) is 1. The molecule has 0 amide bonds. The summed E-state index contributed by atoms with van der Waals surface area (Å²) in [6.07, 6.45) is 1.11. The summed E-state index contributed by atoms with van der Waals surface area (Å²) in [5.74, 6) is -0.447. The van der Waals surface area contributed by atoms with Crippen molar-refractivity contribution < 1.29 is 9.53 Å². The molecule has 0 spiro atoms. The van der Waals surface area contributed by atoms with E-state index in [9.17, 15) is 4.79 Å². The highest BCUT2D eigenvalue weighted by molar-refractivity contribution is 6.23. The molecule has 1 aromatic rings. The molecule has 0 radical (unpaired) electrons. The Morgan fingerprint density at radius 3 is 2.73 bits per heavy atom. The average molecular weight is 206 g/mol. The zero-order chi connectivity index (χ0) is 11.1. The lowest BCUT2D eigenvalue weighted by Crippen LogP contribution is -2.06. The third-order valence-corrected chi connectivity index (χ3v) is 1.70. The molecule has 0 aliphatic carbocycles. The first kappa shape index (κ1) is 11.2. The minimum atomic E-state index is -0.447. The predicted molar refractivity (Wildman–Crippen MR) is 59.9 cm³/mol. The van der Waals surface area contributed by atoms with Gasteiger partial charge in [0.1, 0.15) is 6.21 Å². The topological polar surface area (TPSA) is 50.7 Å². The monoisotopic (exact) mass is 206 g/mol. The lowest BCUT2D eigenvalue weighted by atomic mass is 10.2. The zero-order valence-corrected chi connectivity index (χ0v) is 8.86. The molecule has 1 aromatic carbocycles. The van der Waals surface area contributed by atoms with E-state index in [-0.39, 0.29) is 0 Å². The normalized spacial score (nSPS) is 10.3. The van der Waals surface area contributed by atoms with Crippen LogP contribution in [0.3, 0.4) is 0 Å². The van der Waals surface area contributed by atoms with Crippen LogP contribution in [0.2, 0.25) is 0 Å². The standard InChI is InChI=1S/C11H14N2O2/c1-3-15-11(14)8-12-13-10-6-4-9(2)5-7-10/h4-8,13H,3H2,1-2H3/b12-8+. The van der Waals surface area contributed by atoms with Crippen LogP contribution in [0.1, 0.15) is 12.5 Å². The molecule has 1 rings (SSSR count). The smallest absolute Gasteiger partial charge is 0.351 e. The van der Waals surface area contributed by atoms with Crippen LogP contribution in [0.15, 0.2) is 29.4 Å². The van der Waals surface area contributed by atoms with Crippen molar-refractivity contribution in [3.05, 3.63) is 29.8 Å². The summed E-state index contributed by atoms with van der Waals surface area (Å²) in [6, 6.07) is 7.69. The molecule has 0 saturated heterocycles. The van der Waals surface area contributed by atoms with Crippen molar-refractivity contribution in [2.45, 2.75) is 13.8 Å². The molecule has 0 atom stereocenters. The zero-order valence-electron chi connectivity index (χ0n) is 8.86. The first-order chi connectivity index (χ1) is 7.22. The molecule has 0 bridgehead atoms. The Kier molecular flexibility index (Phi) is 4.34. The largest absolute Gasteiger partial charge is 0.462 e. The highest BCUT2D eigenvalue weighted by atomic mass is 16.5. The lowest BCUT2D eigenvalue weighted by molar-refractivity contribution is -0.134. The van der Waals surface area contributed by atoms with Gasteiger partial charge in [0.25, 0.3) is 0 Å². The van der Waals surface area contributed by atoms with Crippen LogP contribution < -0.4 is 5.43 Å². The summed E-state index contributed by atoms with van der Waals surface area (Å²) in [7, 11) is 0. The van der Waals surface area contributed by atoms with Crippen molar-refractivity contribution in [1.82, 2.24) is 0 Å². The van der Waals surface area contributed by atoms with Crippen LogP contribution in [0.4, 0.5) is 5.69 Å². The molecule has 0 saturated carbocycles. The fourth-order valence-corrected chi connectivity index (χ4v) is 0.967. The second kappa shape index (κ2) is 5.80. The van der Waals surface area contributed by atoms with Gasteiger partial charge in [-0.05, 0) is 26.0 Å². The molecule has 15 heavy (non-hydrogen) atoms. The Morgan fingerprint density at radius 1 is 1.47 bits per heavy atom. The van der Waals surface area contributed by atoms with Gasteiger partial charge in [0, 0.05) is 0 Å². The quantitative estimate of drug-likeness (QED) is 0.465. The minimum absolute atomic E-state index is 0.357. The van der Waals surface area contributed by atoms with Crippen LogP contribution in [0, 0.1) is 6.92 Å². The van der Waals surface area contributed by atoms with E-state index in [4.69, 9.17) is 0 Å². The molecular formula is C11H14N2O2. The summed E-state index contributed by atoms with van der Waals surface area (Å²) in [5.41, 5.74) is 4.74. The Hall–Kier alpha value is -1.84. The molecule has 0 heterocycles. The summed E-state index contributed by atoms with van der Waals surface area (Å²) in [4.78, 5) is 10.9. The molecule has 0 aromatic heterocycles. The number of rotatable bonds is 4. The van der Waals surface area contributed by atoms with E-state index in [1.807, 2.05) is 31.2 Å². The van der Waals surface area contributed by atoms with Crippen molar-refractivity contribution in [2.75, 3.05) is 12.0 Å². The van der Waals surface area contributed by atoms with Crippen molar-refractivity contribution in [3.63, 3.8) is 0 Å². The van der Waals surface area contributed by atoms with E-state index < -0.39 is 5.97 Å². The molecular weight excluding hydrogens is 192 g/mol. The Bertz CT molecular complexity index is 344. The van der Waals surface area contributed by atoms with Crippen LogP contribution >= 0.6 is 0 Å². The van der Waals surface area contributed by atoms with E-state index in [1.165, 1.54) is 5.56 Å². The SMILES string of the molecule is CCOC(=O)/C=N/Nc1ccc(C)cc1. The first-order valence-corrected chi connectivity index (χ1v) is 4.75.